The van der Waals surface area contributed by atoms with Gasteiger partial charge in [-0.3, -0.25) is 4.68 Å². The van der Waals surface area contributed by atoms with Gasteiger partial charge in [0.25, 0.3) is 0 Å². The molecule has 1 aliphatic carbocycles. The van der Waals surface area contributed by atoms with Crippen molar-refractivity contribution < 1.29 is 0 Å². The van der Waals surface area contributed by atoms with Crippen molar-refractivity contribution in [3.63, 3.8) is 0 Å². The van der Waals surface area contributed by atoms with Crippen LogP contribution in [0.2, 0.25) is 0 Å². The molecule has 1 saturated carbocycles. The summed E-state index contributed by atoms with van der Waals surface area (Å²) in [5.41, 5.74) is 0.347. The van der Waals surface area contributed by atoms with Crippen LogP contribution in [0, 0.1) is 6.07 Å². The molecule has 0 N–H and O–H groups in total. The predicted octanol–water partition coefficient (Wildman–Crippen LogP) is 1.19. The van der Waals surface area contributed by atoms with Crippen molar-refractivity contribution in [3.8, 4) is 0 Å². The third-order valence-electron chi connectivity index (χ3n) is 1.98. The van der Waals surface area contributed by atoms with E-state index in [9.17, 15) is 0 Å². The van der Waals surface area contributed by atoms with Crippen LogP contribution in [0.1, 0.15) is 19.8 Å². The molecule has 1 aromatic rings. The smallest absolute Gasteiger partial charge is 0.0601 e. The van der Waals surface area contributed by atoms with Crippen LogP contribution in [0.15, 0.2) is 12.4 Å². The average molecular weight is 121 g/mol. The van der Waals surface area contributed by atoms with Crippen LogP contribution >= 0.6 is 0 Å². The highest BCUT2D eigenvalue weighted by molar-refractivity contribution is 4.96. The molecule has 1 radical (unpaired) electrons. The summed E-state index contributed by atoms with van der Waals surface area (Å²) in [4.78, 5) is 0. The molecule has 0 bridgehead atoms. The minimum Gasteiger partial charge on any atom is -0.266 e. The summed E-state index contributed by atoms with van der Waals surface area (Å²) in [5.74, 6) is 0. The Balaban J connectivity index is 2.34. The number of hydrogen-bond acceptors (Lipinski definition) is 1. The van der Waals surface area contributed by atoms with Crippen LogP contribution in [-0.4, -0.2) is 9.78 Å². The molecule has 2 heteroatoms. The molecule has 1 heterocycles. The fraction of sp³-hybridized carbons (Fsp3) is 0.571. The van der Waals surface area contributed by atoms with Gasteiger partial charge in [0.05, 0.1) is 11.7 Å². The van der Waals surface area contributed by atoms with E-state index >= 15 is 0 Å². The molecule has 0 saturated heterocycles. The average Bonchev–Trinajstić information content (AvgIpc) is 2.46. The Hall–Kier alpha value is -0.790. The minimum atomic E-state index is 0.347. The SMILES string of the molecule is CC1(n2c[c]cn2)CC1. The van der Waals surface area contributed by atoms with E-state index in [-0.39, 0.29) is 0 Å². The van der Waals surface area contributed by atoms with Gasteiger partial charge in [0, 0.05) is 12.3 Å². The van der Waals surface area contributed by atoms with E-state index in [0.717, 1.165) is 0 Å². The van der Waals surface area contributed by atoms with Gasteiger partial charge in [-0.25, -0.2) is 0 Å². The van der Waals surface area contributed by atoms with E-state index in [2.05, 4.69) is 18.1 Å². The summed E-state index contributed by atoms with van der Waals surface area (Å²) in [6.07, 6.45) is 6.15. The van der Waals surface area contributed by atoms with Crippen LogP contribution in [0.5, 0.6) is 0 Å². The van der Waals surface area contributed by atoms with Crippen LogP contribution in [-0.2, 0) is 5.54 Å². The second-order valence-corrected chi connectivity index (χ2v) is 2.88. The monoisotopic (exact) mass is 121 g/mol. The highest BCUT2D eigenvalue weighted by atomic mass is 15.3. The summed E-state index contributed by atoms with van der Waals surface area (Å²) in [7, 11) is 0. The van der Waals surface area contributed by atoms with E-state index < -0.39 is 0 Å². The lowest BCUT2D eigenvalue weighted by atomic mass is 10.3. The second-order valence-electron chi connectivity index (χ2n) is 2.88. The zero-order valence-corrected chi connectivity index (χ0v) is 5.46. The Labute approximate surface area is 54.5 Å². The second kappa shape index (κ2) is 1.38. The van der Waals surface area contributed by atoms with Crippen molar-refractivity contribution in [1.29, 1.82) is 0 Å². The van der Waals surface area contributed by atoms with E-state index in [1.54, 1.807) is 6.20 Å². The van der Waals surface area contributed by atoms with Crippen molar-refractivity contribution in [3.05, 3.63) is 18.5 Å². The zero-order valence-electron chi connectivity index (χ0n) is 5.46. The van der Waals surface area contributed by atoms with Gasteiger partial charge in [-0.1, -0.05) is 0 Å². The van der Waals surface area contributed by atoms with Gasteiger partial charge in [0.1, 0.15) is 0 Å². The number of rotatable bonds is 1. The molecule has 0 atom stereocenters. The van der Waals surface area contributed by atoms with Crippen LogP contribution in [0.3, 0.4) is 0 Å². The van der Waals surface area contributed by atoms with Gasteiger partial charge in [0.15, 0.2) is 0 Å². The molecule has 0 amide bonds. The highest BCUT2D eigenvalue weighted by Gasteiger charge is 2.39. The van der Waals surface area contributed by atoms with Gasteiger partial charge >= 0.3 is 0 Å². The maximum atomic E-state index is 4.11. The summed E-state index contributed by atoms with van der Waals surface area (Å²) in [5, 5.41) is 4.11. The lowest BCUT2D eigenvalue weighted by Crippen LogP contribution is -2.11. The number of hydrogen-bond donors (Lipinski definition) is 0. The molecule has 0 aliphatic heterocycles. The lowest BCUT2D eigenvalue weighted by molar-refractivity contribution is 0.472. The van der Waals surface area contributed by atoms with E-state index in [1.807, 2.05) is 10.9 Å². The molecular formula is C7H9N2. The zero-order chi connectivity index (χ0) is 6.32. The van der Waals surface area contributed by atoms with Gasteiger partial charge in [-0.05, 0) is 19.8 Å². The van der Waals surface area contributed by atoms with E-state index in [4.69, 9.17) is 0 Å². The maximum Gasteiger partial charge on any atom is 0.0601 e. The van der Waals surface area contributed by atoms with Crippen molar-refractivity contribution in [2.24, 2.45) is 0 Å². The lowest BCUT2D eigenvalue weighted by Gasteiger charge is -2.06. The summed E-state index contributed by atoms with van der Waals surface area (Å²) in [6, 6.07) is 2.93. The van der Waals surface area contributed by atoms with Gasteiger partial charge in [-0.2, -0.15) is 5.10 Å². The first-order chi connectivity index (χ1) is 4.31. The molecule has 0 aromatic carbocycles. The van der Waals surface area contributed by atoms with Crippen LogP contribution in [0.25, 0.3) is 0 Å². The molecule has 9 heavy (non-hydrogen) atoms. The first-order valence-corrected chi connectivity index (χ1v) is 3.22. The van der Waals surface area contributed by atoms with Gasteiger partial charge in [-0.15, -0.1) is 0 Å². The molecule has 2 rings (SSSR count). The Morgan fingerprint density at radius 2 is 2.44 bits per heavy atom. The minimum absolute atomic E-state index is 0.347. The van der Waals surface area contributed by atoms with Gasteiger partial charge < -0.3 is 0 Å². The van der Waals surface area contributed by atoms with E-state index in [0.29, 0.717) is 5.54 Å². The molecule has 2 nitrogen and oxygen atoms in total. The molecule has 47 valence electrons. The molecule has 0 unspecified atom stereocenters. The quantitative estimate of drug-likeness (QED) is 0.545. The topological polar surface area (TPSA) is 17.8 Å². The Bertz CT molecular complexity index is 197. The molecule has 1 aliphatic rings. The summed E-state index contributed by atoms with van der Waals surface area (Å²) < 4.78 is 1.99. The van der Waals surface area contributed by atoms with Crippen molar-refractivity contribution in [1.82, 2.24) is 9.78 Å². The van der Waals surface area contributed by atoms with Crippen LogP contribution in [0.4, 0.5) is 0 Å². The van der Waals surface area contributed by atoms with Crippen molar-refractivity contribution >= 4 is 0 Å². The Morgan fingerprint density at radius 1 is 1.67 bits per heavy atom. The largest absolute Gasteiger partial charge is 0.266 e. The van der Waals surface area contributed by atoms with Crippen molar-refractivity contribution in [2.75, 3.05) is 0 Å². The fourth-order valence-electron chi connectivity index (χ4n) is 0.938. The Kier molecular flexibility index (Phi) is 0.770. The molecular weight excluding hydrogens is 112 g/mol. The van der Waals surface area contributed by atoms with Gasteiger partial charge in [0.2, 0.25) is 0 Å². The standard InChI is InChI=1S/C7H9N2/c1-7(3-4-7)9-6-2-5-8-9/h5-6H,3-4H2,1H3. The first-order valence-electron chi connectivity index (χ1n) is 3.22. The van der Waals surface area contributed by atoms with E-state index in [1.165, 1.54) is 12.8 Å². The summed E-state index contributed by atoms with van der Waals surface area (Å²) >= 11 is 0. The Morgan fingerprint density at radius 3 is 2.89 bits per heavy atom. The van der Waals surface area contributed by atoms with Crippen LogP contribution < -0.4 is 0 Å². The fourth-order valence-corrected chi connectivity index (χ4v) is 0.938. The highest BCUT2D eigenvalue weighted by Crippen LogP contribution is 2.41. The third kappa shape index (κ3) is 0.661. The first kappa shape index (κ1) is 5.03. The normalized spacial score (nSPS) is 21.9. The number of nitrogens with zero attached hydrogens (tertiary/aromatic N) is 2. The van der Waals surface area contributed by atoms with Crippen molar-refractivity contribution in [2.45, 2.75) is 25.3 Å². The molecule has 0 spiro atoms. The predicted molar refractivity (Wildman–Crippen MR) is 33.9 cm³/mol. The maximum absolute atomic E-state index is 4.11. The third-order valence-corrected chi connectivity index (χ3v) is 1.98. The molecule has 1 aromatic heterocycles. The summed E-state index contributed by atoms with van der Waals surface area (Å²) in [6.45, 7) is 2.22. The number of aromatic nitrogens is 2. The molecule has 1 fully saturated rings.